The van der Waals surface area contributed by atoms with E-state index in [4.69, 9.17) is 11.3 Å². The van der Waals surface area contributed by atoms with Gasteiger partial charge in [-0.3, -0.25) is 0 Å². The van der Waals surface area contributed by atoms with Crippen LogP contribution in [0.15, 0.2) is 53.1 Å². The van der Waals surface area contributed by atoms with Crippen LogP contribution in [0.5, 0.6) is 0 Å². The van der Waals surface area contributed by atoms with Crippen molar-refractivity contribution in [1.82, 2.24) is 0 Å². The molecule has 0 atom stereocenters. The van der Waals surface area contributed by atoms with E-state index in [1.54, 1.807) is 0 Å². The van der Waals surface area contributed by atoms with Crippen molar-refractivity contribution < 1.29 is 4.74 Å². The Morgan fingerprint density at radius 2 is 1.67 bits per heavy atom. The van der Waals surface area contributed by atoms with Crippen LogP contribution in [0.4, 0.5) is 5.69 Å². The smallest absolute Gasteiger partial charge is 0.269 e. The third-order valence-corrected chi connectivity index (χ3v) is 8.69. The first kappa shape index (κ1) is 24.5. The molecule has 5 rings (SSSR count). The fourth-order valence-corrected chi connectivity index (χ4v) is 6.24. The van der Waals surface area contributed by atoms with Crippen molar-refractivity contribution in [3.8, 4) is 6.07 Å². The van der Waals surface area contributed by atoms with Gasteiger partial charge in [-0.1, -0.05) is 53.0 Å². The summed E-state index contributed by atoms with van der Waals surface area (Å²) in [6.45, 7) is 19.2. The fourth-order valence-electron chi connectivity index (χ4n) is 6.24. The first-order valence-electron chi connectivity index (χ1n) is 13.5. The van der Waals surface area contributed by atoms with E-state index in [9.17, 15) is 5.26 Å². The van der Waals surface area contributed by atoms with E-state index in [1.807, 2.05) is 18.2 Å². The largest absolute Gasteiger partial charge is 0.462 e. The van der Waals surface area contributed by atoms with E-state index in [-0.39, 0.29) is 16.5 Å². The van der Waals surface area contributed by atoms with Crippen molar-refractivity contribution in [2.45, 2.75) is 83.5 Å². The number of hydrogen-bond acceptors (Lipinski definition) is 3. The molecule has 1 aromatic carbocycles. The normalized spacial score (nSPS) is 24.1. The minimum Gasteiger partial charge on any atom is -0.462 e. The van der Waals surface area contributed by atoms with Gasteiger partial charge in [-0.05, 0) is 89.1 Å². The fraction of sp³-hybridized carbons (Fsp3) is 0.500. The Kier molecular flexibility index (Phi) is 6.34. The second-order valence-corrected chi connectivity index (χ2v) is 12.1. The molecule has 0 aromatic heterocycles. The lowest BCUT2D eigenvalue weighted by atomic mass is 9.69. The maximum absolute atomic E-state index is 9.52. The quantitative estimate of drug-likeness (QED) is 0.326. The molecule has 3 aliphatic heterocycles. The molecule has 0 unspecified atom stereocenters. The van der Waals surface area contributed by atoms with Crippen LogP contribution < -0.4 is 4.90 Å². The highest BCUT2D eigenvalue weighted by atomic mass is 16.5. The van der Waals surface area contributed by atoms with Gasteiger partial charge < -0.3 is 9.64 Å². The molecule has 0 spiro atoms. The van der Waals surface area contributed by atoms with E-state index in [2.05, 4.69) is 61.7 Å². The Bertz CT molecular complexity index is 1210. The van der Waals surface area contributed by atoms with Gasteiger partial charge in [-0.2, -0.15) is 0 Å². The zero-order valence-corrected chi connectivity index (χ0v) is 22.2. The van der Waals surface area contributed by atoms with Crippen molar-refractivity contribution in [2.75, 3.05) is 18.0 Å². The Morgan fingerprint density at radius 3 is 2.25 bits per heavy atom. The monoisotopic (exact) mass is 479 g/mol. The third kappa shape index (κ3) is 4.51. The molecule has 0 saturated heterocycles. The van der Waals surface area contributed by atoms with Crippen molar-refractivity contribution >= 4 is 11.8 Å². The molecule has 4 aliphatic rings. The number of nitriles is 1. The zero-order valence-electron chi connectivity index (χ0n) is 22.2. The number of nitrogens with zero attached hydrogens (tertiary/aromatic N) is 3. The topological polar surface area (TPSA) is 40.6 Å². The summed E-state index contributed by atoms with van der Waals surface area (Å²) in [6.07, 6.45) is 16.1. The first-order valence-corrected chi connectivity index (χ1v) is 13.5. The average Bonchev–Trinajstić information content (AvgIpc) is 2.87. The highest BCUT2D eigenvalue weighted by Crippen LogP contribution is 2.49. The maximum Gasteiger partial charge on any atom is 0.269 e. The summed E-state index contributed by atoms with van der Waals surface area (Å²) in [5.74, 6) is 1.97. The van der Waals surface area contributed by atoms with E-state index >= 15 is 0 Å². The van der Waals surface area contributed by atoms with E-state index in [1.165, 1.54) is 54.5 Å². The predicted molar refractivity (Wildman–Crippen MR) is 146 cm³/mol. The van der Waals surface area contributed by atoms with Crippen LogP contribution in [0.3, 0.4) is 0 Å². The molecule has 1 fully saturated rings. The van der Waals surface area contributed by atoms with Crippen LogP contribution in [-0.4, -0.2) is 13.1 Å². The Labute approximate surface area is 216 Å². The van der Waals surface area contributed by atoms with Gasteiger partial charge in [0, 0.05) is 24.7 Å². The molecule has 0 N–H and O–H groups in total. The van der Waals surface area contributed by atoms with Crippen molar-refractivity contribution in [1.29, 1.82) is 5.26 Å². The summed E-state index contributed by atoms with van der Waals surface area (Å²) in [7, 11) is 0. The molecule has 0 amide bonds. The molecular weight excluding hydrogens is 442 g/mol. The van der Waals surface area contributed by atoms with Crippen LogP contribution >= 0.6 is 0 Å². The number of allylic oxidation sites excluding steroid dienone is 6. The van der Waals surface area contributed by atoms with Crippen LogP contribution in [0.2, 0.25) is 0 Å². The zero-order chi connectivity index (χ0) is 25.5. The molecule has 4 nitrogen and oxygen atoms in total. The van der Waals surface area contributed by atoms with E-state index < -0.39 is 0 Å². The molecule has 36 heavy (non-hydrogen) atoms. The lowest BCUT2D eigenvalue weighted by molar-refractivity contribution is 0.229. The van der Waals surface area contributed by atoms with Gasteiger partial charge >= 0.3 is 0 Å². The first-order chi connectivity index (χ1) is 17.2. The molecule has 1 aliphatic carbocycles. The van der Waals surface area contributed by atoms with Gasteiger partial charge in [0.25, 0.3) is 5.70 Å². The molecule has 1 aromatic rings. The predicted octanol–water partition coefficient (Wildman–Crippen LogP) is 7.94. The molecule has 4 heteroatoms. The third-order valence-electron chi connectivity index (χ3n) is 8.69. The molecule has 3 heterocycles. The van der Waals surface area contributed by atoms with Crippen LogP contribution in [0.25, 0.3) is 10.9 Å². The second-order valence-electron chi connectivity index (χ2n) is 12.1. The van der Waals surface area contributed by atoms with Gasteiger partial charge in [0.05, 0.1) is 12.6 Å². The Hall–Kier alpha value is -3.24. The number of benzene rings is 1. The SMILES string of the molecule is [C-]#[N+]C(C#N)=C1C=C(C=Cc2cc3c4c(c2)C(C)(C)CCN4CCC3(C)C)OC(C2CCCCC2)=C1. The lowest BCUT2D eigenvalue weighted by Gasteiger charge is -2.48. The van der Waals surface area contributed by atoms with Gasteiger partial charge in [0.2, 0.25) is 0 Å². The van der Waals surface area contributed by atoms with Crippen molar-refractivity contribution in [3.05, 3.63) is 81.3 Å². The number of anilines is 1. The standard InChI is InChI=1S/C32H37N3O/c1-31(2)13-15-35-16-14-32(3,4)27-18-22(17-26(31)30(27)35)11-12-25-19-24(28(21-33)34-5)20-29(36-25)23-9-7-6-8-10-23/h11-12,17-20,23H,6-10,13-16H2,1-4H3. The van der Waals surface area contributed by atoms with Crippen LogP contribution in [0, 0.1) is 23.8 Å². The van der Waals surface area contributed by atoms with Gasteiger partial charge in [-0.15, -0.1) is 0 Å². The average molecular weight is 480 g/mol. The van der Waals surface area contributed by atoms with Crippen molar-refractivity contribution in [3.63, 3.8) is 0 Å². The van der Waals surface area contributed by atoms with Gasteiger partial charge in [0.15, 0.2) is 0 Å². The second kappa shape index (κ2) is 9.33. The van der Waals surface area contributed by atoms with E-state index in [0.29, 0.717) is 17.3 Å². The molecule has 186 valence electrons. The number of hydrogen-bond donors (Lipinski definition) is 0. The summed E-state index contributed by atoms with van der Waals surface area (Å²) in [5.41, 5.74) is 6.60. The molecular formula is C32H37N3O. The van der Waals surface area contributed by atoms with Crippen LogP contribution in [-0.2, 0) is 15.6 Å². The Balaban J connectivity index is 1.53. The Morgan fingerprint density at radius 1 is 1.03 bits per heavy atom. The highest BCUT2D eigenvalue weighted by Gasteiger charge is 2.39. The highest BCUT2D eigenvalue weighted by molar-refractivity contribution is 5.72. The number of ether oxygens (including phenoxy) is 1. The van der Waals surface area contributed by atoms with Gasteiger partial charge in [0.1, 0.15) is 11.5 Å². The molecule has 0 bridgehead atoms. The van der Waals surface area contributed by atoms with E-state index in [0.717, 1.165) is 31.7 Å². The summed E-state index contributed by atoms with van der Waals surface area (Å²) >= 11 is 0. The summed E-state index contributed by atoms with van der Waals surface area (Å²) in [5, 5.41) is 9.52. The molecule has 1 saturated carbocycles. The maximum atomic E-state index is 9.52. The van der Waals surface area contributed by atoms with Gasteiger partial charge in [-0.25, -0.2) is 10.1 Å². The summed E-state index contributed by atoms with van der Waals surface area (Å²) in [4.78, 5) is 6.06. The minimum atomic E-state index is 0.124. The number of rotatable bonds is 3. The summed E-state index contributed by atoms with van der Waals surface area (Å²) < 4.78 is 6.38. The van der Waals surface area contributed by atoms with Crippen molar-refractivity contribution in [2.24, 2.45) is 5.92 Å². The molecule has 0 radical (unpaired) electrons. The lowest BCUT2D eigenvalue weighted by Crippen LogP contribution is -2.44. The van der Waals surface area contributed by atoms with Crippen LogP contribution in [0.1, 0.15) is 89.3 Å². The summed E-state index contributed by atoms with van der Waals surface area (Å²) in [6, 6.07) is 6.79. The minimum absolute atomic E-state index is 0.124.